The quantitative estimate of drug-likeness (QED) is 0.412. The summed E-state index contributed by atoms with van der Waals surface area (Å²) in [5, 5.41) is 0. The van der Waals surface area contributed by atoms with Crippen molar-refractivity contribution in [1.82, 2.24) is 0 Å². The van der Waals surface area contributed by atoms with Crippen molar-refractivity contribution in [2.45, 2.75) is 67.2 Å². The molecule has 24 heavy (non-hydrogen) atoms. The van der Waals surface area contributed by atoms with E-state index in [1.54, 1.807) is 0 Å². The normalized spacial score (nSPS) is 20.0. The first-order chi connectivity index (χ1) is 11.2. The first-order valence-electron chi connectivity index (χ1n) is 9.09. The van der Waals surface area contributed by atoms with E-state index in [0.717, 1.165) is 6.42 Å². The molecule has 0 unspecified atom stereocenters. The van der Waals surface area contributed by atoms with Crippen LogP contribution in [0.2, 0.25) is 0 Å². The Morgan fingerprint density at radius 2 is 2.04 bits per heavy atom. The Balaban J connectivity index is 2.57. The molecule has 1 aliphatic carbocycles. The first-order valence-corrected chi connectivity index (χ1v) is 9.09. The van der Waals surface area contributed by atoms with Crippen molar-refractivity contribution in [2.75, 3.05) is 6.61 Å². The lowest BCUT2D eigenvalue weighted by molar-refractivity contribution is -0.141. The molecule has 0 N–H and O–H groups in total. The zero-order chi connectivity index (χ0) is 18.2. The molecule has 2 nitrogen and oxygen atoms in total. The van der Waals surface area contributed by atoms with Crippen LogP contribution in [0.1, 0.15) is 67.2 Å². The highest BCUT2D eigenvalue weighted by molar-refractivity contribution is 5.65. The summed E-state index contributed by atoms with van der Waals surface area (Å²) >= 11 is 0. The van der Waals surface area contributed by atoms with Crippen LogP contribution in [0.15, 0.2) is 47.1 Å². The summed E-state index contributed by atoms with van der Waals surface area (Å²) in [6, 6.07) is 0. The second-order valence-electron chi connectivity index (χ2n) is 7.67. The van der Waals surface area contributed by atoms with E-state index in [1.807, 2.05) is 0 Å². The van der Waals surface area contributed by atoms with E-state index in [0.29, 0.717) is 17.9 Å². The summed E-state index contributed by atoms with van der Waals surface area (Å²) in [6.45, 7) is 13.2. The predicted molar refractivity (Wildman–Crippen MR) is 103 cm³/mol. The molecule has 0 saturated carbocycles. The van der Waals surface area contributed by atoms with Gasteiger partial charge in [-0.2, -0.15) is 0 Å². The Morgan fingerprint density at radius 3 is 2.67 bits per heavy atom. The molecular formula is C22H34O2. The van der Waals surface area contributed by atoms with Gasteiger partial charge >= 0.3 is 5.97 Å². The topological polar surface area (TPSA) is 26.3 Å². The smallest absolute Gasteiger partial charge is 0.302 e. The van der Waals surface area contributed by atoms with E-state index in [4.69, 9.17) is 4.74 Å². The first kappa shape index (κ1) is 20.5. The summed E-state index contributed by atoms with van der Waals surface area (Å²) in [6.07, 6.45) is 15.6. The highest BCUT2D eigenvalue weighted by atomic mass is 16.5. The van der Waals surface area contributed by atoms with Gasteiger partial charge < -0.3 is 4.74 Å². The van der Waals surface area contributed by atoms with Gasteiger partial charge in [-0.15, -0.1) is 0 Å². The largest absolute Gasteiger partial charge is 0.466 e. The lowest BCUT2D eigenvalue weighted by atomic mass is 9.72. The van der Waals surface area contributed by atoms with Crippen molar-refractivity contribution in [3.63, 3.8) is 0 Å². The molecule has 0 aromatic carbocycles. The van der Waals surface area contributed by atoms with E-state index in [-0.39, 0.29) is 5.97 Å². The molecule has 0 aromatic heterocycles. The van der Waals surface area contributed by atoms with E-state index in [9.17, 15) is 4.79 Å². The summed E-state index contributed by atoms with van der Waals surface area (Å²) in [5.41, 5.74) is 4.57. The molecule has 0 saturated heterocycles. The van der Waals surface area contributed by atoms with Crippen LogP contribution in [-0.2, 0) is 9.53 Å². The molecule has 2 heteroatoms. The third-order valence-electron chi connectivity index (χ3n) is 4.73. The average Bonchev–Trinajstić information content (AvgIpc) is 2.45. The molecule has 0 bridgehead atoms. The van der Waals surface area contributed by atoms with E-state index < -0.39 is 0 Å². The fraction of sp³-hybridized carbons (Fsp3) is 0.591. The number of rotatable bonds is 7. The van der Waals surface area contributed by atoms with Gasteiger partial charge in [-0.3, -0.25) is 4.79 Å². The van der Waals surface area contributed by atoms with Crippen molar-refractivity contribution in [2.24, 2.45) is 11.3 Å². The minimum absolute atomic E-state index is 0.206. The molecule has 1 rings (SSSR count). The van der Waals surface area contributed by atoms with Crippen LogP contribution in [0.25, 0.3) is 0 Å². The Kier molecular flexibility index (Phi) is 8.24. The molecule has 0 amide bonds. The summed E-state index contributed by atoms with van der Waals surface area (Å²) < 4.78 is 4.97. The van der Waals surface area contributed by atoms with Gasteiger partial charge in [-0.25, -0.2) is 0 Å². The van der Waals surface area contributed by atoms with Gasteiger partial charge in [-0.05, 0) is 56.4 Å². The Morgan fingerprint density at radius 1 is 1.33 bits per heavy atom. The van der Waals surface area contributed by atoms with Gasteiger partial charge in [0.05, 0.1) is 6.61 Å². The summed E-state index contributed by atoms with van der Waals surface area (Å²) in [7, 11) is 0. The molecular weight excluding hydrogens is 296 g/mol. The third kappa shape index (κ3) is 7.33. The number of esters is 1. The molecule has 1 aliphatic rings. The predicted octanol–water partition coefficient (Wildman–Crippen LogP) is 6.16. The maximum Gasteiger partial charge on any atom is 0.302 e. The standard InChI is InChI=1S/C22H34O2/c1-17(9-7-10-18(2)14-16-24-20(4)23)12-13-21-19(3)11-8-15-22(21,5)6/h7,9-10,12-13,18H,8,11,14-16H2,1-6H3/b10-7+,13-12+,17-9-/t18-/m0/s1. The zero-order valence-corrected chi connectivity index (χ0v) is 16.3. The molecule has 1 atom stereocenters. The molecule has 0 aromatic rings. The van der Waals surface area contributed by atoms with Crippen molar-refractivity contribution in [3.8, 4) is 0 Å². The van der Waals surface area contributed by atoms with Crippen molar-refractivity contribution in [1.29, 1.82) is 0 Å². The highest BCUT2D eigenvalue weighted by Gasteiger charge is 2.26. The van der Waals surface area contributed by atoms with E-state index in [1.165, 1.54) is 42.9 Å². The number of allylic oxidation sites excluding steroid dienone is 8. The number of carbonyl (C=O) groups is 1. The number of ether oxygens (including phenoxy) is 1. The van der Waals surface area contributed by atoms with Crippen LogP contribution in [0, 0.1) is 11.3 Å². The molecule has 134 valence electrons. The average molecular weight is 331 g/mol. The Hall–Kier alpha value is -1.57. The van der Waals surface area contributed by atoms with Crippen LogP contribution < -0.4 is 0 Å². The minimum atomic E-state index is -0.206. The zero-order valence-electron chi connectivity index (χ0n) is 16.3. The maximum atomic E-state index is 10.7. The fourth-order valence-corrected chi connectivity index (χ4v) is 3.16. The van der Waals surface area contributed by atoms with Gasteiger partial charge in [0.15, 0.2) is 0 Å². The third-order valence-corrected chi connectivity index (χ3v) is 4.73. The van der Waals surface area contributed by atoms with Crippen LogP contribution >= 0.6 is 0 Å². The van der Waals surface area contributed by atoms with Crippen molar-refractivity contribution >= 4 is 5.97 Å². The second-order valence-corrected chi connectivity index (χ2v) is 7.67. The molecule has 0 heterocycles. The Labute approximate surface area is 148 Å². The monoisotopic (exact) mass is 330 g/mol. The van der Waals surface area contributed by atoms with Crippen LogP contribution in [0.3, 0.4) is 0 Å². The lowest BCUT2D eigenvalue weighted by Crippen LogP contribution is -2.19. The lowest BCUT2D eigenvalue weighted by Gasteiger charge is -2.32. The van der Waals surface area contributed by atoms with Crippen LogP contribution in [0.5, 0.6) is 0 Å². The van der Waals surface area contributed by atoms with Gasteiger partial charge in [0.1, 0.15) is 0 Å². The maximum absolute atomic E-state index is 10.7. The summed E-state index contributed by atoms with van der Waals surface area (Å²) in [5.74, 6) is 0.196. The Bertz CT molecular complexity index is 544. The van der Waals surface area contributed by atoms with Gasteiger partial charge in [-0.1, -0.05) is 62.3 Å². The molecule has 0 aliphatic heterocycles. The minimum Gasteiger partial charge on any atom is -0.466 e. The molecule has 0 radical (unpaired) electrons. The van der Waals surface area contributed by atoms with Crippen molar-refractivity contribution < 1.29 is 9.53 Å². The van der Waals surface area contributed by atoms with E-state index >= 15 is 0 Å². The second kappa shape index (κ2) is 9.66. The fourth-order valence-electron chi connectivity index (χ4n) is 3.16. The number of carbonyl (C=O) groups excluding carboxylic acids is 1. The van der Waals surface area contributed by atoms with Gasteiger partial charge in [0, 0.05) is 6.92 Å². The van der Waals surface area contributed by atoms with Gasteiger partial charge in [0.2, 0.25) is 0 Å². The number of hydrogen-bond acceptors (Lipinski definition) is 2. The summed E-state index contributed by atoms with van der Waals surface area (Å²) in [4.78, 5) is 10.7. The van der Waals surface area contributed by atoms with Crippen LogP contribution in [0.4, 0.5) is 0 Å². The van der Waals surface area contributed by atoms with Crippen molar-refractivity contribution in [3.05, 3.63) is 47.1 Å². The molecule has 0 fully saturated rings. The number of hydrogen-bond donors (Lipinski definition) is 0. The van der Waals surface area contributed by atoms with E-state index in [2.05, 4.69) is 65.0 Å². The molecule has 0 spiro atoms. The van der Waals surface area contributed by atoms with Crippen LogP contribution in [-0.4, -0.2) is 12.6 Å². The SMILES string of the molecule is CC(=O)OCC[C@@H](C)/C=C/C=C(C)\C=C\C1=C(C)CCCC1(C)C. The highest BCUT2D eigenvalue weighted by Crippen LogP contribution is 2.40. The van der Waals surface area contributed by atoms with Gasteiger partial charge in [0.25, 0.3) is 0 Å².